The summed E-state index contributed by atoms with van der Waals surface area (Å²) in [5.41, 5.74) is -0.344. The Kier molecular flexibility index (Phi) is 7.06. The van der Waals surface area contributed by atoms with E-state index in [1.807, 2.05) is 0 Å². The maximum Gasteiger partial charge on any atom is 0.319 e. The van der Waals surface area contributed by atoms with Gasteiger partial charge in [0, 0.05) is 49.1 Å². The largest absolute Gasteiger partial charge is 0.508 e. The quantitative estimate of drug-likeness (QED) is 0.297. The van der Waals surface area contributed by atoms with Gasteiger partial charge in [-0.1, -0.05) is 12.0 Å². The molecule has 1 unspecified atom stereocenters. The summed E-state index contributed by atoms with van der Waals surface area (Å²) < 4.78 is 58.3. The van der Waals surface area contributed by atoms with Crippen molar-refractivity contribution >= 4 is 27.5 Å². The molecule has 2 saturated heterocycles. The molecule has 1 saturated carbocycles. The predicted molar refractivity (Wildman–Crippen MR) is 167 cm³/mol. The zero-order valence-corrected chi connectivity index (χ0v) is 25.2. The van der Waals surface area contributed by atoms with Crippen molar-refractivity contribution in [3.8, 4) is 41.2 Å². The Morgan fingerprint density at radius 2 is 2.02 bits per heavy atom. The Morgan fingerprint density at radius 1 is 1.15 bits per heavy atom. The molecule has 2 aromatic carbocycles. The molecule has 46 heavy (non-hydrogen) atoms. The molecule has 3 aliphatic heterocycles. The molecule has 2 aromatic heterocycles. The monoisotopic (exact) mass is 630 g/mol. The lowest BCUT2D eigenvalue weighted by molar-refractivity contribution is 0.0974. The van der Waals surface area contributed by atoms with Gasteiger partial charge < -0.3 is 24.8 Å². The molecule has 4 aliphatic rings. The molecule has 0 amide bonds. The topological polar surface area (TPSA) is 95.9 Å². The second-order valence-electron chi connectivity index (χ2n) is 12.9. The molecule has 2 atom stereocenters. The van der Waals surface area contributed by atoms with Crippen molar-refractivity contribution < 1.29 is 27.8 Å². The van der Waals surface area contributed by atoms with Crippen LogP contribution in [0.3, 0.4) is 0 Å². The van der Waals surface area contributed by atoms with E-state index in [1.54, 1.807) is 0 Å². The van der Waals surface area contributed by atoms with Crippen LogP contribution >= 0.6 is 0 Å². The lowest BCUT2D eigenvalue weighted by atomic mass is 9.95. The summed E-state index contributed by atoms with van der Waals surface area (Å²) in [5.74, 6) is 1.35. The van der Waals surface area contributed by atoms with E-state index >= 15 is 4.39 Å². The van der Waals surface area contributed by atoms with E-state index < -0.39 is 17.8 Å². The van der Waals surface area contributed by atoms with Gasteiger partial charge in [0.25, 0.3) is 0 Å². The lowest BCUT2D eigenvalue weighted by Gasteiger charge is -2.35. The number of pyridine rings is 1. The van der Waals surface area contributed by atoms with Crippen LogP contribution in [0.1, 0.15) is 31.2 Å². The number of phenolic OH excluding ortho intramolecular Hbond substituents is 1. The van der Waals surface area contributed by atoms with Gasteiger partial charge in [-0.05, 0) is 55.8 Å². The third-order valence-electron chi connectivity index (χ3n) is 9.67. The molecule has 0 spiro atoms. The number of piperidine rings is 1. The molecule has 12 heteroatoms. The van der Waals surface area contributed by atoms with E-state index in [0.29, 0.717) is 55.8 Å². The molecule has 8 rings (SSSR count). The van der Waals surface area contributed by atoms with Crippen molar-refractivity contribution in [2.24, 2.45) is 5.41 Å². The molecule has 5 heterocycles. The van der Waals surface area contributed by atoms with Gasteiger partial charge in [-0.2, -0.15) is 9.97 Å². The maximum absolute atomic E-state index is 16.9. The van der Waals surface area contributed by atoms with E-state index in [4.69, 9.17) is 20.9 Å². The van der Waals surface area contributed by atoms with Crippen LogP contribution in [-0.2, 0) is 0 Å². The average Bonchev–Trinajstić information content (AvgIpc) is 3.84. The molecule has 4 aromatic rings. The van der Waals surface area contributed by atoms with Gasteiger partial charge in [0.05, 0.1) is 18.2 Å². The third kappa shape index (κ3) is 5.02. The van der Waals surface area contributed by atoms with Crippen LogP contribution in [0.5, 0.6) is 17.6 Å². The van der Waals surface area contributed by atoms with E-state index in [0.717, 1.165) is 32.4 Å². The van der Waals surface area contributed by atoms with Crippen molar-refractivity contribution in [2.75, 3.05) is 57.4 Å². The summed E-state index contributed by atoms with van der Waals surface area (Å²) in [6, 6.07) is 5.35. The number of nitrogens with one attached hydrogen (secondary N) is 1. The normalized spacial score (nSPS) is 22.2. The Hall–Kier alpha value is -4.34. The molecule has 0 bridgehead atoms. The van der Waals surface area contributed by atoms with Crippen LogP contribution in [0.4, 0.5) is 19.0 Å². The minimum absolute atomic E-state index is 0.0214. The first-order valence-corrected chi connectivity index (χ1v) is 15.8. The second-order valence-corrected chi connectivity index (χ2v) is 12.9. The van der Waals surface area contributed by atoms with E-state index in [2.05, 4.69) is 31.0 Å². The number of phenols is 1. The number of rotatable bonds is 6. The highest BCUT2D eigenvalue weighted by molar-refractivity contribution is 6.04. The molecule has 9 nitrogen and oxygen atoms in total. The molecule has 3 fully saturated rings. The van der Waals surface area contributed by atoms with Gasteiger partial charge in [0.2, 0.25) is 5.88 Å². The number of benzene rings is 2. The zero-order chi connectivity index (χ0) is 31.6. The minimum Gasteiger partial charge on any atom is -0.508 e. The Balaban J connectivity index is 1.25. The first-order chi connectivity index (χ1) is 22.3. The van der Waals surface area contributed by atoms with Crippen LogP contribution in [0.2, 0.25) is 0 Å². The number of likely N-dealkylation sites (tertiary alicyclic amines) is 1. The smallest absolute Gasteiger partial charge is 0.319 e. The number of piperazine rings is 1. The van der Waals surface area contributed by atoms with Crippen LogP contribution in [0, 0.1) is 29.4 Å². The molecule has 238 valence electrons. The van der Waals surface area contributed by atoms with Crippen LogP contribution in [0.25, 0.3) is 32.9 Å². The number of fused-ring (bicyclic) bond motifs is 3. The summed E-state index contributed by atoms with van der Waals surface area (Å²) in [6.45, 7) is 4.53. The van der Waals surface area contributed by atoms with Gasteiger partial charge in [-0.15, -0.1) is 6.42 Å². The summed E-state index contributed by atoms with van der Waals surface area (Å²) in [5, 5.41) is 14.9. The fourth-order valence-electron chi connectivity index (χ4n) is 7.13. The fraction of sp³-hybridized carbons (Fsp3) is 0.441. The van der Waals surface area contributed by atoms with Crippen molar-refractivity contribution in [1.29, 1.82) is 0 Å². The Morgan fingerprint density at radius 3 is 2.83 bits per heavy atom. The van der Waals surface area contributed by atoms with Gasteiger partial charge >= 0.3 is 6.01 Å². The SMILES string of the molecule is C#Cc1c(F)ccc2cc(O)cc(-c3nc4c5c(nc(OCC6(CN7CCCC(F)C7)CC6)nc5c3F)N3CCNC[C@H]3CO4)c12. The number of hydrogen-bond acceptors (Lipinski definition) is 9. The van der Waals surface area contributed by atoms with Gasteiger partial charge in [0.1, 0.15) is 46.8 Å². The number of anilines is 1. The van der Waals surface area contributed by atoms with Gasteiger partial charge in [-0.25, -0.2) is 18.2 Å². The van der Waals surface area contributed by atoms with Crippen molar-refractivity contribution in [2.45, 2.75) is 37.9 Å². The number of alkyl halides is 1. The molecular formula is C34H33F3N6O3. The number of terminal acetylenes is 1. The highest BCUT2D eigenvalue weighted by Gasteiger charge is 2.46. The summed E-state index contributed by atoms with van der Waals surface area (Å²) in [4.78, 5) is 18.2. The fourth-order valence-corrected chi connectivity index (χ4v) is 7.13. The number of hydrogen-bond donors (Lipinski definition) is 2. The zero-order valence-electron chi connectivity index (χ0n) is 25.2. The highest BCUT2D eigenvalue weighted by Crippen LogP contribution is 2.48. The van der Waals surface area contributed by atoms with E-state index in [1.165, 1.54) is 24.3 Å². The van der Waals surface area contributed by atoms with E-state index in [-0.39, 0.29) is 63.4 Å². The molecular weight excluding hydrogens is 597 g/mol. The predicted octanol–water partition coefficient (Wildman–Crippen LogP) is 4.57. The van der Waals surface area contributed by atoms with Crippen LogP contribution < -0.4 is 19.7 Å². The number of aromatic nitrogens is 3. The molecule has 0 radical (unpaired) electrons. The third-order valence-corrected chi connectivity index (χ3v) is 9.67. The van der Waals surface area contributed by atoms with Crippen LogP contribution in [0.15, 0.2) is 24.3 Å². The van der Waals surface area contributed by atoms with Crippen LogP contribution in [-0.4, -0.2) is 89.7 Å². The summed E-state index contributed by atoms with van der Waals surface area (Å²) >= 11 is 0. The number of aromatic hydroxyl groups is 1. The lowest BCUT2D eigenvalue weighted by Crippen LogP contribution is -2.53. The first-order valence-electron chi connectivity index (χ1n) is 15.8. The minimum atomic E-state index is -0.808. The highest BCUT2D eigenvalue weighted by atomic mass is 19.1. The second kappa shape index (κ2) is 11.2. The molecule has 2 N–H and O–H groups in total. The average molecular weight is 631 g/mol. The Bertz CT molecular complexity index is 1910. The van der Waals surface area contributed by atoms with E-state index in [9.17, 15) is 13.9 Å². The number of ether oxygens (including phenoxy) is 2. The van der Waals surface area contributed by atoms with Crippen molar-refractivity contribution in [1.82, 2.24) is 25.2 Å². The van der Waals surface area contributed by atoms with Crippen molar-refractivity contribution in [3.63, 3.8) is 0 Å². The summed E-state index contributed by atoms with van der Waals surface area (Å²) in [7, 11) is 0. The Labute approximate surface area is 263 Å². The maximum atomic E-state index is 16.9. The van der Waals surface area contributed by atoms with Gasteiger partial charge in [0.15, 0.2) is 5.82 Å². The van der Waals surface area contributed by atoms with Crippen molar-refractivity contribution in [3.05, 3.63) is 41.5 Å². The number of nitrogens with zero attached hydrogens (tertiary/aromatic N) is 5. The van der Waals surface area contributed by atoms with Gasteiger partial charge in [-0.3, -0.25) is 4.90 Å². The standard InChI is InChI=1S/C34H33F3N6O3/c1-2-23-25(36)6-5-19-12-22(44)13-24(26(19)23)29-28(37)30-27-31(43-11-9-38-14-21(43)16-45-32(27)39-29)41-33(40-30)46-18-34(7-8-34)17-42-10-3-4-20(35)15-42/h1,5-6,12-13,20-21,38,44H,3-4,7-11,14-18H2/t20?,21-/m0/s1. The number of halogens is 3. The first kappa shape index (κ1) is 29.1. The summed E-state index contributed by atoms with van der Waals surface area (Å²) in [6.07, 6.45) is 8.22. The molecule has 1 aliphatic carbocycles.